The van der Waals surface area contributed by atoms with E-state index in [1.165, 1.54) is 64.2 Å². The smallest absolute Gasteiger partial charge is 0.303 e. The lowest BCUT2D eigenvalue weighted by Crippen LogP contribution is -2.03. The topological polar surface area (TPSA) is 37.3 Å². The Labute approximate surface area is 168 Å². The number of carboxylic acid groups (broad SMARTS) is 1. The van der Waals surface area contributed by atoms with E-state index in [0.29, 0.717) is 0 Å². The van der Waals surface area contributed by atoms with Crippen molar-refractivity contribution >= 4 is 5.97 Å². The van der Waals surface area contributed by atoms with E-state index in [-0.39, 0.29) is 12.3 Å². The summed E-state index contributed by atoms with van der Waals surface area (Å²) in [5.41, 5.74) is 0. The van der Waals surface area contributed by atoms with Crippen LogP contribution in [0.2, 0.25) is 0 Å². The van der Waals surface area contributed by atoms with Crippen molar-refractivity contribution in [1.82, 2.24) is 0 Å². The second-order valence-electron chi connectivity index (χ2n) is 7.52. The Morgan fingerprint density at radius 3 is 1.78 bits per heavy atom. The summed E-state index contributed by atoms with van der Waals surface area (Å²) >= 11 is 0. The molecule has 0 unspecified atom stereocenters. The molecule has 1 atom stereocenters. The van der Waals surface area contributed by atoms with Gasteiger partial charge in [0.1, 0.15) is 0 Å². The maximum absolute atomic E-state index is 10.6. The lowest BCUT2D eigenvalue weighted by atomic mass is 10.0. The molecule has 0 saturated heterocycles. The predicted molar refractivity (Wildman–Crippen MR) is 119 cm³/mol. The fourth-order valence-corrected chi connectivity index (χ4v) is 2.96. The molecule has 0 aromatic carbocycles. The van der Waals surface area contributed by atoms with Gasteiger partial charge in [0.2, 0.25) is 0 Å². The van der Waals surface area contributed by atoms with E-state index in [1.54, 1.807) is 0 Å². The fourth-order valence-electron chi connectivity index (χ4n) is 2.96. The Balaban J connectivity index is 3.47. The number of aliphatic carboxylic acids is 1. The van der Waals surface area contributed by atoms with Gasteiger partial charge in [-0.15, -0.1) is 0 Å². The van der Waals surface area contributed by atoms with Crippen LogP contribution in [0.5, 0.6) is 0 Å². The van der Waals surface area contributed by atoms with Crippen molar-refractivity contribution in [1.29, 1.82) is 0 Å². The van der Waals surface area contributed by atoms with Crippen molar-refractivity contribution in [3.05, 3.63) is 48.6 Å². The summed E-state index contributed by atoms with van der Waals surface area (Å²) in [5, 5.41) is 8.70. The third-order valence-electron chi connectivity index (χ3n) is 4.65. The SMILES string of the molecule is CCCCCCCCCCC/C=C/C=C/C=C/C=C/CC[C@H](C)CC(=O)O. The summed E-state index contributed by atoms with van der Waals surface area (Å²) in [6.45, 7) is 4.26. The van der Waals surface area contributed by atoms with E-state index in [4.69, 9.17) is 5.11 Å². The molecule has 0 aromatic rings. The molecule has 1 N–H and O–H groups in total. The minimum absolute atomic E-state index is 0.243. The standard InChI is InChI=1S/C25H42O2/c1-3-4-5-6-7-8-9-10-11-12-13-14-15-16-17-18-19-20-21-22-24(2)23-25(26)27/h13-20,24H,3-12,21-23H2,1-2H3,(H,26,27)/b14-13+,16-15+,18-17+,20-19+/t24-/m0/s1. The molecule has 0 heterocycles. The molecule has 0 saturated carbocycles. The summed E-state index contributed by atoms with van der Waals surface area (Å²) in [5.74, 6) is -0.464. The summed E-state index contributed by atoms with van der Waals surface area (Å²) in [7, 11) is 0. The zero-order chi connectivity index (χ0) is 20.0. The first kappa shape index (κ1) is 25.4. The molecular formula is C25H42O2. The molecule has 27 heavy (non-hydrogen) atoms. The van der Waals surface area contributed by atoms with Gasteiger partial charge in [0, 0.05) is 6.42 Å². The van der Waals surface area contributed by atoms with Gasteiger partial charge >= 0.3 is 5.97 Å². The van der Waals surface area contributed by atoms with Crippen molar-refractivity contribution in [2.24, 2.45) is 5.92 Å². The fraction of sp³-hybridized carbons (Fsp3) is 0.640. The van der Waals surface area contributed by atoms with Crippen LogP contribution in [-0.4, -0.2) is 11.1 Å². The molecule has 154 valence electrons. The van der Waals surface area contributed by atoms with Crippen LogP contribution in [-0.2, 0) is 4.79 Å². The van der Waals surface area contributed by atoms with Crippen molar-refractivity contribution in [3.63, 3.8) is 0 Å². The molecule has 0 amide bonds. The Bertz CT molecular complexity index is 443. The monoisotopic (exact) mass is 374 g/mol. The van der Waals surface area contributed by atoms with Crippen LogP contribution >= 0.6 is 0 Å². The molecular weight excluding hydrogens is 332 g/mol. The lowest BCUT2D eigenvalue weighted by Gasteiger charge is -2.04. The minimum atomic E-state index is -0.706. The minimum Gasteiger partial charge on any atom is -0.481 e. The molecule has 0 rings (SSSR count). The summed E-state index contributed by atoms with van der Waals surface area (Å²) in [6.07, 6.45) is 32.4. The molecule has 0 aliphatic carbocycles. The van der Waals surface area contributed by atoms with E-state index in [9.17, 15) is 4.79 Å². The first-order valence-corrected chi connectivity index (χ1v) is 11.0. The first-order chi connectivity index (χ1) is 13.2. The van der Waals surface area contributed by atoms with Gasteiger partial charge in [-0.2, -0.15) is 0 Å². The number of hydrogen-bond acceptors (Lipinski definition) is 1. The third-order valence-corrected chi connectivity index (χ3v) is 4.65. The van der Waals surface area contributed by atoms with Crippen molar-refractivity contribution in [2.75, 3.05) is 0 Å². The molecule has 0 spiro atoms. The van der Waals surface area contributed by atoms with Gasteiger partial charge in [0.25, 0.3) is 0 Å². The molecule has 0 aromatic heterocycles. The highest BCUT2D eigenvalue weighted by atomic mass is 16.4. The third kappa shape index (κ3) is 22.4. The molecule has 0 aliphatic heterocycles. The van der Waals surface area contributed by atoms with Crippen molar-refractivity contribution in [2.45, 2.75) is 97.3 Å². The molecule has 0 fully saturated rings. The van der Waals surface area contributed by atoms with Gasteiger partial charge in [-0.1, -0.05) is 114 Å². The average molecular weight is 375 g/mol. The van der Waals surface area contributed by atoms with E-state index < -0.39 is 5.97 Å². The maximum atomic E-state index is 10.6. The predicted octanol–water partition coefficient (Wildman–Crippen LogP) is 8.02. The first-order valence-electron chi connectivity index (χ1n) is 11.0. The van der Waals surface area contributed by atoms with Crippen LogP contribution < -0.4 is 0 Å². The number of allylic oxidation sites excluding steroid dienone is 8. The molecule has 0 bridgehead atoms. The van der Waals surface area contributed by atoms with E-state index in [1.807, 2.05) is 31.2 Å². The highest BCUT2D eigenvalue weighted by Crippen LogP contribution is 2.11. The number of rotatable bonds is 18. The summed E-state index contributed by atoms with van der Waals surface area (Å²) in [6, 6.07) is 0. The summed E-state index contributed by atoms with van der Waals surface area (Å²) < 4.78 is 0. The number of unbranched alkanes of at least 4 members (excludes halogenated alkanes) is 9. The van der Waals surface area contributed by atoms with E-state index in [0.717, 1.165) is 12.8 Å². The molecule has 0 radical (unpaired) electrons. The van der Waals surface area contributed by atoms with Gasteiger partial charge in [-0.25, -0.2) is 0 Å². The zero-order valence-electron chi connectivity index (χ0n) is 17.7. The van der Waals surface area contributed by atoms with Gasteiger partial charge in [-0.3, -0.25) is 4.79 Å². The van der Waals surface area contributed by atoms with E-state index in [2.05, 4.69) is 31.2 Å². The number of carbonyl (C=O) groups is 1. The van der Waals surface area contributed by atoms with Crippen molar-refractivity contribution < 1.29 is 9.90 Å². The zero-order valence-corrected chi connectivity index (χ0v) is 17.7. The average Bonchev–Trinajstić information content (AvgIpc) is 2.63. The second-order valence-corrected chi connectivity index (χ2v) is 7.52. The van der Waals surface area contributed by atoms with Crippen LogP contribution in [0, 0.1) is 5.92 Å². The highest BCUT2D eigenvalue weighted by Gasteiger charge is 2.05. The Morgan fingerprint density at radius 2 is 1.22 bits per heavy atom. The van der Waals surface area contributed by atoms with Crippen LogP contribution in [0.25, 0.3) is 0 Å². The lowest BCUT2D eigenvalue weighted by molar-refractivity contribution is -0.138. The second kappa shape index (κ2) is 20.7. The van der Waals surface area contributed by atoms with Crippen LogP contribution in [0.3, 0.4) is 0 Å². The van der Waals surface area contributed by atoms with Crippen LogP contribution in [0.4, 0.5) is 0 Å². The number of carboxylic acids is 1. The van der Waals surface area contributed by atoms with Gasteiger partial charge in [0.05, 0.1) is 0 Å². The summed E-state index contributed by atoms with van der Waals surface area (Å²) in [4.78, 5) is 10.6. The Kier molecular flexibility index (Phi) is 19.5. The maximum Gasteiger partial charge on any atom is 0.303 e. The highest BCUT2D eigenvalue weighted by molar-refractivity contribution is 5.66. The largest absolute Gasteiger partial charge is 0.481 e. The van der Waals surface area contributed by atoms with Crippen molar-refractivity contribution in [3.8, 4) is 0 Å². The quantitative estimate of drug-likeness (QED) is 0.195. The van der Waals surface area contributed by atoms with Gasteiger partial charge in [0.15, 0.2) is 0 Å². The van der Waals surface area contributed by atoms with Crippen LogP contribution in [0.1, 0.15) is 97.3 Å². The van der Waals surface area contributed by atoms with E-state index >= 15 is 0 Å². The Hall–Kier alpha value is -1.57. The Morgan fingerprint density at radius 1 is 0.741 bits per heavy atom. The number of hydrogen-bond donors (Lipinski definition) is 1. The molecule has 2 nitrogen and oxygen atoms in total. The normalized spacial score (nSPS) is 13.6. The van der Waals surface area contributed by atoms with Gasteiger partial charge in [-0.05, 0) is 31.6 Å². The van der Waals surface area contributed by atoms with Gasteiger partial charge < -0.3 is 5.11 Å². The molecule has 0 aliphatic rings. The molecule has 2 heteroatoms. The van der Waals surface area contributed by atoms with Crippen LogP contribution in [0.15, 0.2) is 48.6 Å².